The average molecular weight is 344 g/mol. The standard InChI is InChI=1S/C13H14Cl4O2/c1-6(2)7(3)4-5-19-13-10(16)8(14)12(18)9(15)11(13)17/h4,6,18H,5H2,1-3H3/b7-4+. The van der Waals surface area contributed by atoms with E-state index in [-0.39, 0.29) is 31.6 Å². The Balaban J connectivity index is 3.00. The van der Waals surface area contributed by atoms with E-state index in [0.29, 0.717) is 12.5 Å². The maximum Gasteiger partial charge on any atom is 0.160 e. The zero-order valence-electron chi connectivity index (χ0n) is 10.7. The van der Waals surface area contributed by atoms with E-state index in [1.807, 2.05) is 13.0 Å². The largest absolute Gasteiger partial charge is 0.505 e. The smallest absolute Gasteiger partial charge is 0.160 e. The summed E-state index contributed by atoms with van der Waals surface area (Å²) in [6.07, 6.45) is 1.92. The molecule has 6 heteroatoms. The number of rotatable bonds is 4. The van der Waals surface area contributed by atoms with E-state index in [9.17, 15) is 5.11 Å². The molecular formula is C13H14Cl4O2. The number of hydrogen-bond donors (Lipinski definition) is 1. The fraction of sp³-hybridized carbons (Fsp3) is 0.385. The molecule has 0 aromatic heterocycles. The summed E-state index contributed by atoms with van der Waals surface area (Å²) in [7, 11) is 0. The van der Waals surface area contributed by atoms with Gasteiger partial charge in [0.15, 0.2) is 11.5 Å². The van der Waals surface area contributed by atoms with E-state index in [0.717, 1.165) is 0 Å². The van der Waals surface area contributed by atoms with Crippen molar-refractivity contribution in [2.75, 3.05) is 6.61 Å². The van der Waals surface area contributed by atoms with E-state index in [1.54, 1.807) is 0 Å². The molecule has 0 amide bonds. The minimum atomic E-state index is -0.348. The summed E-state index contributed by atoms with van der Waals surface area (Å²) in [5, 5.41) is 9.52. The molecule has 106 valence electrons. The molecule has 2 nitrogen and oxygen atoms in total. The Hall–Kier alpha value is -0.280. The predicted molar refractivity (Wildman–Crippen MR) is 82.2 cm³/mol. The second-order valence-electron chi connectivity index (χ2n) is 4.35. The van der Waals surface area contributed by atoms with Crippen LogP contribution in [-0.2, 0) is 0 Å². The second kappa shape index (κ2) is 6.94. The summed E-state index contributed by atoms with van der Waals surface area (Å²) in [6.45, 7) is 6.47. The van der Waals surface area contributed by atoms with Gasteiger partial charge in [-0.1, -0.05) is 65.8 Å². The van der Waals surface area contributed by atoms with Crippen molar-refractivity contribution >= 4 is 46.4 Å². The summed E-state index contributed by atoms with van der Waals surface area (Å²) >= 11 is 23.6. The third-order valence-corrected chi connectivity index (χ3v) is 4.39. The van der Waals surface area contributed by atoms with Gasteiger partial charge < -0.3 is 9.84 Å². The Morgan fingerprint density at radius 2 is 1.58 bits per heavy atom. The van der Waals surface area contributed by atoms with Crippen LogP contribution in [0.15, 0.2) is 11.6 Å². The van der Waals surface area contributed by atoms with Crippen LogP contribution in [0, 0.1) is 5.92 Å². The van der Waals surface area contributed by atoms with Crippen LogP contribution in [0.3, 0.4) is 0 Å². The van der Waals surface area contributed by atoms with Gasteiger partial charge in [0.25, 0.3) is 0 Å². The van der Waals surface area contributed by atoms with E-state index >= 15 is 0 Å². The van der Waals surface area contributed by atoms with E-state index < -0.39 is 0 Å². The Kier molecular flexibility index (Phi) is 6.13. The van der Waals surface area contributed by atoms with Gasteiger partial charge in [0, 0.05) is 0 Å². The first-order valence-electron chi connectivity index (χ1n) is 5.61. The molecular weight excluding hydrogens is 330 g/mol. The van der Waals surface area contributed by atoms with Gasteiger partial charge in [-0.25, -0.2) is 0 Å². The van der Waals surface area contributed by atoms with Crippen LogP contribution in [0.2, 0.25) is 20.1 Å². The van der Waals surface area contributed by atoms with E-state index in [4.69, 9.17) is 51.1 Å². The first-order chi connectivity index (χ1) is 8.77. The highest BCUT2D eigenvalue weighted by atomic mass is 35.5. The van der Waals surface area contributed by atoms with Crippen molar-refractivity contribution < 1.29 is 9.84 Å². The molecule has 0 fully saturated rings. The van der Waals surface area contributed by atoms with Gasteiger partial charge in [0.2, 0.25) is 0 Å². The number of phenols is 1. The number of aromatic hydroxyl groups is 1. The van der Waals surface area contributed by atoms with Crippen LogP contribution in [0.1, 0.15) is 20.8 Å². The molecule has 0 saturated heterocycles. The summed E-state index contributed by atoms with van der Waals surface area (Å²) in [5.41, 5.74) is 1.18. The van der Waals surface area contributed by atoms with Crippen molar-refractivity contribution in [3.8, 4) is 11.5 Å². The van der Waals surface area contributed by atoms with Crippen molar-refractivity contribution in [1.82, 2.24) is 0 Å². The third kappa shape index (κ3) is 3.85. The molecule has 1 rings (SSSR count). The maximum atomic E-state index is 9.58. The molecule has 0 heterocycles. The fourth-order valence-corrected chi connectivity index (χ4v) is 2.15. The predicted octanol–water partition coefficient (Wildman–Crippen LogP) is 5.99. The van der Waals surface area contributed by atoms with Crippen LogP contribution >= 0.6 is 46.4 Å². The second-order valence-corrected chi connectivity index (χ2v) is 5.86. The number of hydrogen-bond acceptors (Lipinski definition) is 2. The molecule has 0 bridgehead atoms. The lowest BCUT2D eigenvalue weighted by molar-refractivity contribution is 0.360. The Labute approximate surface area is 132 Å². The number of ether oxygens (including phenoxy) is 1. The highest BCUT2D eigenvalue weighted by Gasteiger charge is 2.20. The van der Waals surface area contributed by atoms with Crippen molar-refractivity contribution in [2.24, 2.45) is 5.92 Å². The van der Waals surface area contributed by atoms with Crippen LogP contribution in [0.4, 0.5) is 0 Å². The zero-order valence-corrected chi connectivity index (χ0v) is 13.8. The van der Waals surface area contributed by atoms with Crippen LogP contribution in [-0.4, -0.2) is 11.7 Å². The van der Waals surface area contributed by atoms with E-state index in [2.05, 4.69) is 13.8 Å². The summed E-state index contributed by atoms with van der Waals surface area (Å²) in [4.78, 5) is 0. The van der Waals surface area contributed by atoms with Crippen molar-refractivity contribution in [1.29, 1.82) is 0 Å². The third-order valence-electron chi connectivity index (χ3n) is 2.74. The maximum absolute atomic E-state index is 9.58. The SMILES string of the molecule is C/C(=C\COc1c(Cl)c(Cl)c(O)c(Cl)c1Cl)C(C)C. The Morgan fingerprint density at radius 1 is 1.11 bits per heavy atom. The first kappa shape index (κ1) is 16.8. The van der Waals surface area contributed by atoms with Crippen molar-refractivity contribution in [3.63, 3.8) is 0 Å². The molecule has 1 aromatic rings. The molecule has 0 aliphatic heterocycles. The highest BCUT2D eigenvalue weighted by molar-refractivity contribution is 6.50. The lowest BCUT2D eigenvalue weighted by Crippen LogP contribution is -1.99. The minimum absolute atomic E-state index is 0.0455. The summed E-state index contributed by atoms with van der Waals surface area (Å²) < 4.78 is 5.48. The van der Waals surface area contributed by atoms with Gasteiger partial charge in [-0.05, 0) is 18.9 Å². The van der Waals surface area contributed by atoms with Gasteiger partial charge in [0.05, 0.1) is 0 Å². The van der Waals surface area contributed by atoms with Crippen LogP contribution in [0.5, 0.6) is 11.5 Å². The molecule has 0 unspecified atom stereocenters. The Morgan fingerprint density at radius 3 is 2.00 bits per heavy atom. The van der Waals surface area contributed by atoms with Crippen molar-refractivity contribution in [2.45, 2.75) is 20.8 Å². The minimum Gasteiger partial charge on any atom is -0.505 e. The zero-order chi connectivity index (χ0) is 14.7. The Bertz CT molecular complexity index is 481. The van der Waals surface area contributed by atoms with Gasteiger partial charge in [0.1, 0.15) is 26.7 Å². The lowest BCUT2D eigenvalue weighted by atomic mass is 10.1. The number of allylic oxidation sites excluding steroid dienone is 1. The van der Waals surface area contributed by atoms with Gasteiger partial charge >= 0.3 is 0 Å². The average Bonchev–Trinajstić information content (AvgIpc) is 2.37. The van der Waals surface area contributed by atoms with Gasteiger partial charge in [-0.15, -0.1) is 0 Å². The molecule has 1 N–H and O–H groups in total. The molecule has 0 spiro atoms. The molecule has 0 radical (unpaired) electrons. The van der Waals surface area contributed by atoms with E-state index in [1.165, 1.54) is 5.57 Å². The van der Waals surface area contributed by atoms with Crippen LogP contribution < -0.4 is 4.74 Å². The highest BCUT2D eigenvalue weighted by Crippen LogP contribution is 2.49. The van der Waals surface area contributed by atoms with Crippen molar-refractivity contribution in [3.05, 3.63) is 31.7 Å². The molecule has 19 heavy (non-hydrogen) atoms. The molecule has 0 atom stereocenters. The fourth-order valence-electron chi connectivity index (χ4n) is 1.22. The van der Waals surface area contributed by atoms with Gasteiger partial charge in [-0.3, -0.25) is 0 Å². The molecule has 0 saturated carbocycles. The quantitative estimate of drug-likeness (QED) is 0.537. The topological polar surface area (TPSA) is 29.5 Å². The lowest BCUT2D eigenvalue weighted by Gasteiger charge is -2.13. The summed E-state index contributed by atoms with van der Waals surface area (Å²) in [5.74, 6) is 0.255. The number of phenolic OH excluding ortho intramolecular Hbond substituents is 1. The number of halogens is 4. The molecule has 0 aliphatic carbocycles. The van der Waals surface area contributed by atoms with Gasteiger partial charge in [-0.2, -0.15) is 0 Å². The normalized spacial score (nSPS) is 12.1. The number of benzene rings is 1. The molecule has 1 aromatic carbocycles. The summed E-state index contributed by atoms with van der Waals surface area (Å²) in [6, 6.07) is 0. The first-order valence-corrected chi connectivity index (χ1v) is 7.12. The molecule has 0 aliphatic rings. The monoisotopic (exact) mass is 342 g/mol. The van der Waals surface area contributed by atoms with Crippen LogP contribution in [0.25, 0.3) is 0 Å².